The zero-order valence-corrected chi connectivity index (χ0v) is 13.0. The number of carbonyl (C=O) groups is 1. The summed E-state index contributed by atoms with van der Waals surface area (Å²) in [5.74, 6) is 0.737. The van der Waals surface area contributed by atoms with Crippen LogP contribution in [-0.4, -0.2) is 60.0 Å². The average Bonchev–Trinajstić information content (AvgIpc) is 2.55. The third kappa shape index (κ3) is 4.39. The third-order valence-corrected chi connectivity index (χ3v) is 3.84. The molecule has 1 saturated heterocycles. The highest BCUT2D eigenvalue weighted by Gasteiger charge is 2.18. The van der Waals surface area contributed by atoms with E-state index in [9.17, 15) is 4.79 Å². The van der Waals surface area contributed by atoms with Crippen LogP contribution in [0.15, 0.2) is 12.4 Å². The summed E-state index contributed by atoms with van der Waals surface area (Å²) >= 11 is 0. The Kier molecular flexibility index (Phi) is 5.92. The van der Waals surface area contributed by atoms with E-state index in [-0.39, 0.29) is 5.91 Å². The van der Waals surface area contributed by atoms with Crippen molar-refractivity contribution in [3.63, 3.8) is 0 Å². The van der Waals surface area contributed by atoms with Crippen LogP contribution in [-0.2, 0) is 0 Å². The molecule has 1 aromatic heterocycles. The SMILES string of the molecule is CCCCNC(=O)c1cc(N2CCN(CC)CC2)ncn1. The van der Waals surface area contributed by atoms with Crippen LogP contribution in [0.25, 0.3) is 0 Å². The minimum Gasteiger partial charge on any atom is -0.354 e. The van der Waals surface area contributed by atoms with Crippen molar-refractivity contribution >= 4 is 11.7 Å². The van der Waals surface area contributed by atoms with Gasteiger partial charge in [-0.2, -0.15) is 0 Å². The standard InChI is InChI=1S/C15H25N5O/c1-3-5-6-16-15(21)13-11-14(18-12-17-13)20-9-7-19(4-2)8-10-20/h11-12H,3-10H2,1-2H3,(H,16,21). The quantitative estimate of drug-likeness (QED) is 0.797. The highest BCUT2D eigenvalue weighted by molar-refractivity contribution is 5.92. The predicted octanol–water partition coefficient (Wildman–Crippen LogP) is 1.15. The average molecular weight is 291 g/mol. The topological polar surface area (TPSA) is 61.4 Å². The predicted molar refractivity (Wildman–Crippen MR) is 83.6 cm³/mol. The minimum atomic E-state index is -0.112. The summed E-state index contributed by atoms with van der Waals surface area (Å²) in [5.41, 5.74) is 0.453. The van der Waals surface area contributed by atoms with E-state index in [0.717, 1.165) is 51.4 Å². The molecule has 6 nitrogen and oxygen atoms in total. The molecule has 21 heavy (non-hydrogen) atoms. The second-order valence-electron chi connectivity index (χ2n) is 5.29. The van der Waals surface area contributed by atoms with Gasteiger partial charge in [-0.1, -0.05) is 20.3 Å². The molecule has 1 aliphatic heterocycles. The Morgan fingerprint density at radius 2 is 2.00 bits per heavy atom. The van der Waals surface area contributed by atoms with Gasteiger partial charge in [0.1, 0.15) is 17.8 Å². The first kappa shape index (κ1) is 15.7. The molecule has 6 heteroatoms. The molecule has 116 valence electrons. The molecule has 2 rings (SSSR count). The van der Waals surface area contributed by atoms with Crippen molar-refractivity contribution in [2.24, 2.45) is 0 Å². The second kappa shape index (κ2) is 7.93. The molecule has 0 radical (unpaired) electrons. The highest BCUT2D eigenvalue weighted by Crippen LogP contribution is 2.13. The number of nitrogens with one attached hydrogen (secondary N) is 1. The highest BCUT2D eigenvalue weighted by atomic mass is 16.1. The molecular formula is C15H25N5O. The van der Waals surface area contributed by atoms with Crippen molar-refractivity contribution in [2.75, 3.05) is 44.2 Å². The molecule has 0 unspecified atom stereocenters. The number of likely N-dealkylation sites (N-methyl/N-ethyl adjacent to an activating group) is 1. The summed E-state index contributed by atoms with van der Waals surface area (Å²) in [5, 5.41) is 2.89. The van der Waals surface area contributed by atoms with Crippen molar-refractivity contribution < 1.29 is 4.79 Å². The van der Waals surface area contributed by atoms with Crippen LogP contribution in [0.4, 0.5) is 5.82 Å². The van der Waals surface area contributed by atoms with Crippen LogP contribution in [0.3, 0.4) is 0 Å². The molecule has 0 saturated carbocycles. The number of anilines is 1. The monoisotopic (exact) mass is 291 g/mol. The van der Waals surface area contributed by atoms with Crippen molar-refractivity contribution in [1.82, 2.24) is 20.2 Å². The number of hydrogen-bond acceptors (Lipinski definition) is 5. The molecule has 1 N–H and O–H groups in total. The van der Waals surface area contributed by atoms with Crippen LogP contribution >= 0.6 is 0 Å². The normalized spacial score (nSPS) is 16.0. The Hall–Kier alpha value is -1.69. The third-order valence-electron chi connectivity index (χ3n) is 3.84. The van der Waals surface area contributed by atoms with E-state index in [1.165, 1.54) is 6.33 Å². The van der Waals surface area contributed by atoms with E-state index in [2.05, 4.69) is 38.9 Å². The van der Waals surface area contributed by atoms with Gasteiger partial charge in [0.2, 0.25) is 0 Å². The first-order chi connectivity index (χ1) is 10.2. The Morgan fingerprint density at radius 3 is 2.67 bits per heavy atom. The molecule has 0 spiro atoms. The van der Waals surface area contributed by atoms with Gasteiger partial charge in [0.25, 0.3) is 5.91 Å². The molecule has 1 aliphatic rings. The van der Waals surface area contributed by atoms with Gasteiger partial charge in [-0.15, -0.1) is 0 Å². The number of carbonyl (C=O) groups excluding carboxylic acids is 1. The summed E-state index contributed by atoms with van der Waals surface area (Å²) in [7, 11) is 0. The van der Waals surface area contributed by atoms with Gasteiger partial charge >= 0.3 is 0 Å². The number of aromatic nitrogens is 2. The van der Waals surface area contributed by atoms with Crippen LogP contribution in [0.5, 0.6) is 0 Å². The molecule has 1 amide bonds. The van der Waals surface area contributed by atoms with Crippen molar-refractivity contribution in [2.45, 2.75) is 26.7 Å². The number of nitrogens with zero attached hydrogens (tertiary/aromatic N) is 4. The van der Waals surface area contributed by atoms with Crippen LogP contribution in [0.2, 0.25) is 0 Å². The molecule has 1 aromatic rings. The van der Waals surface area contributed by atoms with E-state index < -0.39 is 0 Å². The number of piperazine rings is 1. The second-order valence-corrected chi connectivity index (χ2v) is 5.29. The molecule has 2 heterocycles. The fraction of sp³-hybridized carbons (Fsp3) is 0.667. The van der Waals surface area contributed by atoms with E-state index in [4.69, 9.17) is 0 Å². The summed E-state index contributed by atoms with van der Waals surface area (Å²) in [6.45, 7) is 10.0. The van der Waals surface area contributed by atoms with Gasteiger partial charge in [0.05, 0.1) is 0 Å². The Balaban J connectivity index is 1.96. The Labute approximate surface area is 126 Å². The number of hydrogen-bond donors (Lipinski definition) is 1. The van der Waals surface area contributed by atoms with Gasteiger partial charge in [-0.05, 0) is 13.0 Å². The van der Waals surface area contributed by atoms with E-state index in [1.54, 1.807) is 6.07 Å². The molecule has 0 aliphatic carbocycles. The molecule has 1 fully saturated rings. The van der Waals surface area contributed by atoms with Crippen molar-refractivity contribution in [3.05, 3.63) is 18.1 Å². The first-order valence-electron chi connectivity index (χ1n) is 7.82. The fourth-order valence-corrected chi connectivity index (χ4v) is 2.41. The number of amides is 1. The van der Waals surface area contributed by atoms with Crippen LogP contribution < -0.4 is 10.2 Å². The number of unbranched alkanes of at least 4 members (excludes halogenated alkanes) is 1. The van der Waals surface area contributed by atoms with E-state index in [1.807, 2.05) is 0 Å². The zero-order chi connectivity index (χ0) is 15.1. The lowest BCUT2D eigenvalue weighted by Crippen LogP contribution is -2.46. The zero-order valence-electron chi connectivity index (χ0n) is 13.0. The summed E-state index contributed by atoms with van der Waals surface area (Å²) in [4.78, 5) is 25.0. The van der Waals surface area contributed by atoms with Gasteiger partial charge < -0.3 is 15.1 Å². The first-order valence-corrected chi connectivity index (χ1v) is 7.82. The minimum absolute atomic E-state index is 0.112. The van der Waals surface area contributed by atoms with E-state index in [0.29, 0.717) is 12.2 Å². The maximum Gasteiger partial charge on any atom is 0.270 e. The lowest BCUT2D eigenvalue weighted by atomic mass is 10.3. The Morgan fingerprint density at radius 1 is 1.24 bits per heavy atom. The maximum absolute atomic E-state index is 12.0. The number of rotatable bonds is 6. The molecular weight excluding hydrogens is 266 g/mol. The van der Waals surface area contributed by atoms with Crippen molar-refractivity contribution in [3.8, 4) is 0 Å². The summed E-state index contributed by atoms with van der Waals surface area (Å²) < 4.78 is 0. The van der Waals surface area contributed by atoms with E-state index >= 15 is 0 Å². The smallest absolute Gasteiger partial charge is 0.270 e. The molecule has 0 bridgehead atoms. The molecule has 0 aromatic carbocycles. The lowest BCUT2D eigenvalue weighted by molar-refractivity contribution is 0.0948. The van der Waals surface area contributed by atoms with Gasteiger partial charge in [0, 0.05) is 38.8 Å². The van der Waals surface area contributed by atoms with Gasteiger partial charge in [-0.3, -0.25) is 4.79 Å². The largest absolute Gasteiger partial charge is 0.354 e. The lowest BCUT2D eigenvalue weighted by Gasteiger charge is -2.34. The Bertz CT molecular complexity index is 457. The van der Waals surface area contributed by atoms with Crippen LogP contribution in [0, 0.1) is 0 Å². The summed E-state index contributed by atoms with van der Waals surface area (Å²) in [6.07, 6.45) is 3.54. The van der Waals surface area contributed by atoms with Gasteiger partial charge in [-0.25, -0.2) is 9.97 Å². The maximum atomic E-state index is 12.0. The molecule has 0 atom stereocenters. The van der Waals surface area contributed by atoms with Crippen LogP contribution in [0.1, 0.15) is 37.2 Å². The summed E-state index contributed by atoms with van der Waals surface area (Å²) in [6, 6.07) is 1.79. The van der Waals surface area contributed by atoms with Crippen molar-refractivity contribution in [1.29, 1.82) is 0 Å². The fourth-order valence-electron chi connectivity index (χ4n) is 2.41. The van der Waals surface area contributed by atoms with Gasteiger partial charge in [0.15, 0.2) is 0 Å².